The van der Waals surface area contributed by atoms with E-state index in [1.165, 1.54) is 0 Å². The lowest BCUT2D eigenvalue weighted by Gasteiger charge is -1.94. The largest absolute Gasteiger partial charge is 0.394 e. The standard InChI is InChI=1S/C4H10O3.C3H8O.C2H4/c5-1-3-7-4-2-6;1-3(2)4;1-2/h5-6H,1-4H2;3-4H,1-2H3;1-2H2. The Morgan fingerprint density at radius 2 is 1.31 bits per heavy atom. The lowest BCUT2D eigenvalue weighted by Crippen LogP contribution is -2.03. The number of hydrogen-bond acceptors (Lipinski definition) is 4. The molecule has 0 bridgehead atoms. The second-order valence-corrected chi connectivity index (χ2v) is 2.15. The molecule has 82 valence electrons. The van der Waals surface area contributed by atoms with E-state index in [2.05, 4.69) is 17.9 Å². The number of aliphatic hydroxyl groups is 3. The predicted molar refractivity (Wildman–Crippen MR) is 53.6 cm³/mol. The molecule has 0 heterocycles. The average molecular weight is 194 g/mol. The van der Waals surface area contributed by atoms with Crippen LogP contribution < -0.4 is 0 Å². The lowest BCUT2D eigenvalue weighted by atomic mass is 10.5. The predicted octanol–water partition coefficient (Wildman–Crippen LogP) is 0.177. The third-order valence-electron chi connectivity index (χ3n) is 0.471. The van der Waals surface area contributed by atoms with E-state index in [1.54, 1.807) is 13.8 Å². The molecule has 0 fully saturated rings. The zero-order valence-electron chi connectivity index (χ0n) is 8.57. The Morgan fingerprint density at radius 1 is 1.08 bits per heavy atom. The molecule has 0 rings (SSSR count). The molecule has 0 aliphatic carbocycles. The van der Waals surface area contributed by atoms with Gasteiger partial charge < -0.3 is 20.1 Å². The molecule has 0 atom stereocenters. The molecule has 0 aromatic rings. The van der Waals surface area contributed by atoms with Gasteiger partial charge >= 0.3 is 0 Å². The van der Waals surface area contributed by atoms with Crippen LogP contribution in [0.25, 0.3) is 0 Å². The van der Waals surface area contributed by atoms with Crippen molar-refractivity contribution in [1.29, 1.82) is 0 Å². The fraction of sp³-hybridized carbons (Fsp3) is 0.778. The molecule has 0 aromatic carbocycles. The van der Waals surface area contributed by atoms with Crippen molar-refractivity contribution >= 4 is 0 Å². The topological polar surface area (TPSA) is 69.9 Å². The molecule has 0 aliphatic heterocycles. The van der Waals surface area contributed by atoms with Crippen LogP contribution in [0.2, 0.25) is 0 Å². The molecular formula is C9H22O4. The molecule has 13 heavy (non-hydrogen) atoms. The van der Waals surface area contributed by atoms with Crippen molar-refractivity contribution in [3.05, 3.63) is 13.2 Å². The van der Waals surface area contributed by atoms with Gasteiger partial charge in [-0.15, -0.1) is 13.2 Å². The van der Waals surface area contributed by atoms with Crippen molar-refractivity contribution in [2.24, 2.45) is 0 Å². The van der Waals surface area contributed by atoms with E-state index in [-0.39, 0.29) is 19.3 Å². The van der Waals surface area contributed by atoms with Crippen LogP contribution in [0, 0.1) is 0 Å². The first-order valence-electron chi connectivity index (χ1n) is 4.12. The Morgan fingerprint density at radius 3 is 1.46 bits per heavy atom. The van der Waals surface area contributed by atoms with Gasteiger partial charge in [-0.1, -0.05) is 0 Å². The molecule has 0 aliphatic rings. The molecule has 0 saturated carbocycles. The summed E-state index contributed by atoms with van der Waals surface area (Å²) < 4.78 is 4.63. The number of aliphatic hydroxyl groups excluding tert-OH is 3. The van der Waals surface area contributed by atoms with Crippen LogP contribution in [0.3, 0.4) is 0 Å². The maximum Gasteiger partial charge on any atom is 0.0698 e. The van der Waals surface area contributed by atoms with E-state index in [0.29, 0.717) is 13.2 Å². The zero-order valence-corrected chi connectivity index (χ0v) is 8.57. The van der Waals surface area contributed by atoms with Crippen LogP contribution in [0.15, 0.2) is 13.2 Å². The minimum atomic E-state index is -0.167. The quantitative estimate of drug-likeness (QED) is 0.441. The Bertz CT molecular complexity index is 59.9. The summed E-state index contributed by atoms with van der Waals surface area (Å²) in [7, 11) is 0. The van der Waals surface area contributed by atoms with Gasteiger partial charge in [0.25, 0.3) is 0 Å². The van der Waals surface area contributed by atoms with Crippen molar-refractivity contribution in [3.63, 3.8) is 0 Å². The third kappa shape index (κ3) is 82.9. The smallest absolute Gasteiger partial charge is 0.0698 e. The molecule has 0 saturated heterocycles. The second-order valence-electron chi connectivity index (χ2n) is 2.15. The molecule has 4 heteroatoms. The van der Waals surface area contributed by atoms with Crippen molar-refractivity contribution in [1.82, 2.24) is 0 Å². The number of hydrogen-bond donors (Lipinski definition) is 3. The van der Waals surface area contributed by atoms with E-state index in [4.69, 9.17) is 15.3 Å². The van der Waals surface area contributed by atoms with E-state index < -0.39 is 0 Å². The molecule has 0 amide bonds. The van der Waals surface area contributed by atoms with Gasteiger partial charge in [0.2, 0.25) is 0 Å². The van der Waals surface area contributed by atoms with Gasteiger partial charge in [-0.25, -0.2) is 0 Å². The van der Waals surface area contributed by atoms with Crippen molar-refractivity contribution in [2.45, 2.75) is 20.0 Å². The molecule has 0 aromatic heterocycles. The Kier molecular flexibility index (Phi) is 31.9. The average Bonchev–Trinajstić information content (AvgIpc) is 2.08. The van der Waals surface area contributed by atoms with Crippen LogP contribution in [0.4, 0.5) is 0 Å². The maximum atomic E-state index is 8.09. The Hall–Kier alpha value is -0.420. The summed E-state index contributed by atoms with van der Waals surface area (Å²) in [6.45, 7) is 10.1. The molecule has 4 nitrogen and oxygen atoms in total. The summed E-state index contributed by atoms with van der Waals surface area (Å²) >= 11 is 0. The summed E-state index contributed by atoms with van der Waals surface area (Å²) in [6.07, 6.45) is -0.167. The first-order valence-corrected chi connectivity index (χ1v) is 4.12. The number of ether oxygens (including phenoxy) is 1. The van der Waals surface area contributed by atoms with Crippen LogP contribution >= 0.6 is 0 Å². The summed E-state index contributed by atoms with van der Waals surface area (Å²) in [5, 5.41) is 24.2. The second kappa shape index (κ2) is 22.6. The molecule has 3 N–H and O–H groups in total. The summed E-state index contributed by atoms with van der Waals surface area (Å²) in [4.78, 5) is 0. The molecule has 0 spiro atoms. The van der Waals surface area contributed by atoms with Crippen molar-refractivity contribution < 1.29 is 20.1 Å². The van der Waals surface area contributed by atoms with E-state index >= 15 is 0 Å². The minimum absolute atomic E-state index is 0.0278. The van der Waals surface area contributed by atoms with Crippen LogP contribution in [-0.2, 0) is 4.74 Å². The molecular weight excluding hydrogens is 172 g/mol. The molecule has 0 unspecified atom stereocenters. The molecule has 0 radical (unpaired) electrons. The van der Waals surface area contributed by atoms with Gasteiger partial charge in [-0.2, -0.15) is 0 Å². The van der Waals surface area contributed by atoms with Crippen LogP contribution in [-0.4, -0.2) is 47.9 Å². The number of rotatable bonds is 4. The Labute approximate surface area is 80.5 Å². The van der Waals surface area contributed by atoms with E-state index in [1.807, 2.05) is 0 Å². The van der Waals surface area contributed by atoms with Gasteiger partial charge in [0, 0.05) is 6.10 Å². The lowest BCUT2D eigenvalue weighted by molar-refractivity contribution is 0.0650. The van der Waals surface area contributed by atoms with Crippen LogP contribution in [0.5, 0.6) is 0 Å². The van der Waals surface area contributed by atoms with Gasteiger partial charge in [-0.3, -0.25) is 0 Å². The van der Waals surface area contributed by atoms with Gasteiger partial charge in [0.1, 0.15) is 0 Å². The first kappa shape index (κ1) is 18.4. The summed E-state index contributed by atoms with van der Waals surface area (Å²) in [5.41, 5.74) is 0. The Balaban J connectivity index is -0.000000142. The highest BCUT2D eigenvalue weighted by molar-refractivity contribution is 4.24. The van der Waals surface area contributed by atoms with Gasteiger partial charge in [0.05, 0.1) is 26.4 Å². The highest BCUT2D eigenvalue weighted by Crippen LogP contribution is 1.68. The highest BCUT2D eigenvalue weighted by atomic mass is 16.5. The van der Waals surface area contributed by atoms with E-state index in [0.717, 1.165) is 0 Å². The zero-order chi connectivity index (χ0) is 11.1. The van der Waals surface area contributed by atoms with Crippen molar-refractivity contribution in [3.8, 4) is 0 Å². The maximum absolute atomic E-state index is 8.09. The summed E-state index contributed by atoms with van der Waals surface area (Å²) in [5.74, 6) is 0. The van der Waals surface area contributed by atoms with E-state index in [9.17, 15) is 0 Å². The SMILES string of the molecule is C=C.CC(C)O.OCCOCCO. The van der Waals surface area contributed by atoms with Crippen molar-refractivity contribution in [2.75, 3.05) is 26.4 Å². The van der Waals surface area contributed by atoms with Crippen LogP contribution in [0.1, 0.15) is 13.8 Å². The fourth-order valence-electron chi connectivity index (χ4n) is 0.231. The van der Waals surface area contributed by atoms with Gasteiger partial charge in [0.15, 0.2) is 0 Å². The first-order chi connectivity index (χ1) is 6.15. The summed E-state index contributed by atoms with van der Waals surface area (Å²) in [6, 6.07) is 0. The highest BCUT2D eigenvalue weighted by Gasteiger charge is 1.79. The minimum Gasteiger partial charge on any atom is -0.394 e. The van der Waals surface area contributed by atoms with Gasteiger partial charge in [-0.05, 0) is 13.8 Å². The fourth-order valence-corrected chi connectivity index (χ4v) is 0.231. The monoisotopic (exact) mass is 194 g/mol. The third-order valence-corrected chi connectivity index (χ3v) is 0.471. The normalized spacial score (nSPS) is 8.15.